The van der Waals surface area contributed by atoms with E-state index in [0.29, 0.717) is 18.6 Å². The van der Waals surface area contributed by atoms with Crippen LogP contribution in [-0.4, -0.2) is 30.1 Å². The van der Waals surface area contributed by atoms with Crippen LogP contribution in [0.1, 0.15) is 49.9 Å². The molecule has 0 amide bonds. The zero-order chi connectivity index (χ0) is 16.2. The van der Waals surface area contributed by atoms with Gasteiger partial charge < -0.3 is 9.47 Å². The minimum Gasteiger partial charge on any atom is -0.485 e. The number of ketones is 1. The molecule has 1 aliphatic rings. The predicted molar refractivity (Wildman–Crippen MR) is 79.8 cm³/mol. The number of rotatable bonds is 6. The van der Waals surface area contributed by atoms with E-state index in [1.807, 2.05) is 6.92 Å². The standard InChI is InChI=1S/C17H21FO4/c1-3-5-6-11-14-17(18,16(20)21-4-2)15(19)12-9-7-8-10-13(12)22-14/h7-10,14H,3-6,11H2,1-2H3/t14-,17-/m1/s1. The summed E-state index contributed by atoms with van der Waals surface area (Å²) in [6.45, 7) is 3.62. The molecule has 2 rings (SSSR count). The fourth-order valence-electron chi connectivity index (χ4n) is 2.63. The van der Waals surface area contributed by atoms with E-state index >= 15 is 4.39 Å². The minimum atomic E-state index is -2.77. The highest BCUT2D eigenvalue weighted by molar-refractivity contribution is 6.18. The summed E-state index contributed by atoms with van der Waals surface area (Å²) in [4.78, 5) is 24.6. The van der Waals surface area contributed by atoms with Gasteiger partial charge in [-0.3, -0.25) is 4.79 Å². The Hall–Kier alpha value is -1.91. The zero-order valence-electron chi connectivity index (χ0n) is 12.9. The van der Waals surface area contributed by atoms with Gasteiger partial charge in [-0.05, 0) is 31.9 Å². The van der Waals surface area contributed by atoms with E-state index in [-0.39, 0.29) is 12.2 Å². The Balaban J connectivity index is 2.36. The topological polar surface area (TPSA) is 52.6 Å². The second-order valence-corrected chi connectivity index (χ2v) is 5.36. The number of alkyl halides is 1. The van der Waals surface area contributed by atoms with Crippen LogP contribution in [0.15, 0.2) is 24.3 Å². The Morgan fingerprint density at radius 3 is 2.73 bits per heavy atom. The van der Waals surface area contributed by atoms with Gasteiger partial charge in [0.05, 0.1) is 12.2 Å². The van der Waals surface area contributed by atoms with Crippen LogP contribution in [0, 0.1) is 0 Å². The van der Waals surface area contributed by atoms with Crippen molar-refractivity contribution in [3.05, 3.63) is 29.8 Å². The van der Waals surface area contributed by atoms with Crippen molar-refractivity contribution in [1.29, 1.82) is 0 Å². The number of hydrogen-bond acceptors (Lipinski definition) is 4. The normalized spacial score (nSPS) is 23.6. The highest BCUT2D eigenvalue weighted by Gasteiger charge is 2.59. The third-order valence-electron chi connectivity index (χ3n) is 3.82. The van der Waals surface area contributed by atoms with Crippen molar-refractivity contribution in [2.45, 2.75) is 51.3 Å². The third kappa shape index (κ3) is 2.85. The molecule has 0 saturated carbocycles. The summed E-state index contributed by atoms with van der Waals surface area (Å²) in [5, 5.41) is 0. The molecule has 0 bridgehead atoms. The lowest BCUT2D eigenvalue weighted by molar-refractivity contribution is -0.160. The van der Waals surface area contributed by atoms with Gasteiger partial charge in [-0.25, -0.2) is 9.18 Å². The largest absolute Gasteiger partial charge is 0.485 e. The van der Waals surface area contributed by atoms with Gasteiger partial charge >= 0.3 is 11.6 Å². The zero-order valence-corrected chi connectivity index (χ0v) is 12.9. The molecular formula is C17H21FO4. The quantitative estimate of drug-likeness (QED) is 0.458. The molecule has 0 aromatic heterocycles. The number of ether oxygens (including phenoxy) is 2. The molecule has 0 radical (unpaired) electrons. The average Bonchev–Trinajstić information content (AvgIpc) is 2.52. The van der Waals surface area contributed by atoms with Gasteiger partial charge in [0.25, 0.3) is 0 Å². The second-order valence-electron chi connectivity index (χ2n) is 5.36. The minimum absolute atomic E-state index is 0.0150. The lowest BCUT2D eigenvalue weighted by Gasteiger charge is -2.35. The van der Waals surface area contributed by atoms with Gasteiger partial charge in [0, 0.05) is 0 Å². The lowest BCUT2D eigenvalue weighted by Crippen LogP contribution is -2.57. The molecule has 1 heterocycles. The van der Waals surface area contributed by atoms with Crippen molar-refractivity contribution < 1.29 is 23.5 Å². The summed E-state index contributed by atoms with van der Waals surface area (Å²) in [6, 6.07) is 6.41. The van der Waals surface area contributed by atoms with Gasteiger partial charge in [-0.1, -0.05) is 31.9 Å². The fraction of sp³-hybridized carbons (Fsp3) is 0.529. The van der Waals surface area contributed by atoms with Crippen LogP contribution in [0.3, 0.4) is 0 Å². The van der Waals surface area contributed by atoms with Crippen molar-refractivity contribution in [3.8, 4) is 5.75 Å². The number of hydrogen-bond donors (Lipinski definition) is 0. The Kier molecular flexibility index (Phi) is 5.16. The van der Waals surface area contributed by atoms with Crippen LogP contribution >= 0.6 is 0 Å². The van der Waals surface area contributed by atoms with E-state index in [0.717, 1.165) is 12.8 Å². The van der Waals surface area contributed by atoms with E-state index < -0.39 is 23.5 Å². The SMILES string of the molecule is CCCCC[C@H]1Oc2ccccc2C(=O)[C@@]1(F)C(=O)OCC. The first-order chi connectivity index (χ1) is 10.6. The molecule has 0 unspecified atom stereocenters. The summed E-state index contributed by atoms with van der Waals surface area (Å²) < 4.78 is 25.8. The van der Waals surface area contributed by atoms with Crippen molar-refractivity contribution in [3.63, 3.8) is 0 Å². The number of carbonyl (C=O) groups excluding carboxylic acids is 2. The summed E-state index contributed by atoms with van der Waals surface area (Å²) in [6.07, 6.45) is 1.68. The molecule has 1 aromatic carbocycles. The van der Waals surface area contributed by atoms with Gasteiger partial charge in [0.1, 0.15) is 5.75 Å². The highest BCUT2D eigenvalue weighted by atomic mass is 19.1. The number of esters is 1. The number of carbonyl (C=O) groups is 2. The first kappa shape index (κ1) is 16.5. The molecular weight excluding hydrogens is 287 g/mol. The van der Waals surface area contributed by atoms with Crippen LogP contribution < -0.4 is 4.74 Å². The Bertz CT molecular complexity index is 557. The number of fused-ring (bicyclic) bond motifs is 1. The Morgan fingerprint density at radius 1 is 1.32 bits per heavy atom. The van der Waals surface area contributed by atoms with Crippen LogP contribution in [0.2, 0.25) is 0 Å². The molecule has 5 heteroatoms. The molecule has 4 nitrogen and oxygen atoms in total. The van der Waals surface area contributed by atoms with Crippen molar-refractivity contribution in [2.24, 2.45) is 0 Å². The second kappa shape index (κ2) is 6.90. The van der Waals surface area contributed by atoms with Gasteiger partial charge in [0.15, 0.2) is 6.10 Å². The van der Waals surface area contributed by atoms with E-state index in [2.05, 4.69) is 0 Å². The molecule has 2 atom stereocenters. The van der Waals surface area contributed by atoms with Crippen LogP contribution in [0.5, 0.6) is 5.75 Å². The maximum absolute atomic E-state index is 15.4. The summed E-state index contributed by atoms with van der Waals surface area (Å²) in [5.74, 6) is -1.70. The van der Waals surface area contributed by atoms with Crippen LogP contribution in [0.4, 0.5) is 4.39 Å². The molecule has 0 aliphatic carbocycles. The summed E-state index contributed by atoms with van der Waals surface area (Å²) in [5.41, 5.74) is -2.68. The molecule has 22 heavy (non-hydrogen) atoms. The smallest absolute Gasteiger partial charge is 0.356 e. The summed E-state index contributed by atoms with van der Waals surface area (Å²) in [7, 11) is 0. The molecule has 0 fully saturated rings. The number of Topliss-reactive ketones (excluding diaryl/α,β-unsaturated/α-hetero) is 1. The van der Waals surface area contributed by atoms with E-state index in [1.54, 1.807) is 25.1 Å². The van der Waals surface area contributed by atoms with E-state index in [1.165, 1.54) is 6.07 Å². The van der Waals surface area contributed by atoms with Crippen molar-refractivity contribution >= 4 is 11.8 Å². The van der Waals surface area contributed by atoms with Crippen LogP contribution in [0.25, 0.3) is 0 Å². The maximum atomic E-state index is 15.4. The van der Waals surface area contributed by atoms with Crippen molar-refractivity contribution in [2.75, 3.05) is 6.61 Å². The fourth-order valence-corrected chi connectivity index (χ4v) is 2.63. The van der Waals surface area contributed by atoms with Gasteiger partial charge in [0.2, 0.25) is 5.78 Å². The number of para-hydroxylation sites is 1. The van der Waals surface area contributed by atoms with E-state index in [4.69, 9.17) is 9.47 Å². The van der Waals surface area contributed by atoms with Gasteiger partial charge in [-0.15, -0.1) is 0 Å². The third-order valence-corrected chi connectivity index (χ3v) is 3.82. The maximum Gasteiger partial charge on any atom is 0.356 e. The first-order valence-corrected chi connectivity index (χ1v) is 7.72. The Labute approximate surface area is 129 Å². The highest BCUT2D eigenvalue weighted by Crippen LogP contribution is 2.38. The summed E-state index contributed by atoms with van der Waals surface area (Å²) >= 11 is 0. The Morgan fingerprint density at radius 2 is 2.05 bits per heavy atom. The lowest BCUT2D eigenvalue weighted by atomic mass is 9.84. The van der Waals surface area contributed by atoms with Gasteiger partial charge in [-0.2, -0.15) is 0 Å². The molecule has 120 valence electrons. The van der Waals surface area contributed by atoms with E-state index in [9.17, 15) is 9.59 Å². The molecule has 0 N–H and O–H groups in total. The van der Waals surface area contributed by atoms with Crippen molar-refractivity contribution in [1.82, 2.24) is 0 Å². The molecule has 1 aromatic rings. The average molecular weight is 308 g/mol. The number of halogens is 1. The van der Waals surface area contributed by atoms with Crippen LogP contribution in [-0.2, 0) is 9.53 Å². The molecule has 1 aliphatic heterocycles. The molecule has 0 spiro atoms. The molecule has 0 saturated heterocycles. The monoisotopic (exact) mass is 308 g/mol. The number of unbranched alkanes of at least 4 members (excludes halogenated alkanes) is 2. The predicted octanol–water partition coefficient (Wildman–Crippen LogP) is 3.48. The number of benzene rings is 1. The first-order valence-electron chi connectivity index (χ1n) is 7.72.